The van der Waals surface area contributed by atoms with Gasteiger partial charge in [-0.05, 0) is 17.7 Å². The predicted octanol–water partition coefficient (Wildman–Crippen LogP) is 4.77. The van der Waals surface area contributed by atoms with Crippen LogP contribution in [0, 0.1) is 0 Å². The Hall–Kier alpha value is -3.27. The van der Waals surface area contributed by atoms with Crippen LogP contribution in [0.2, 0.25) is 0 Å². The Balaban J connectivity index is 1.86. The van der Waals surface area contributed by atoms with E-state index in [1.54, 1.807) is 14.2 Å². The van der Waals surface area contributed by atoms with Crippen molar-refractivity contribution in [3.63, 3.8) is 0 Å². The fraction of sp³-hybridized carbons (Fsp3) is 0.136. The number of nitrogens with zero attached hydrogens (tertiary/aromatic N) is 2. The summed E-state index contributed by atoms with van der Waals surface area (Å²) < 4.78 is 13.0. The molecule has 0 radical (unpaired) electrons. The highest BCUT2D eigenvalue weighted by atomic mass is 16.5. The molecule has 4 heteroatoms. The summed E-state index contributed by atoms with van der Waals surface area (Å²) in [6, 6.07) is 22.7. The first-order chi connectivity index (χ1) is 12.8. The summed E-state index contributed by atoms with van der Waals surface area (Å²) in [5.41, 5.74) is 4.50. The SMILES string of the molecule is COc1ccc(-c2cn(Cc3ccccc3)c3ccccc23)c(OC)n1. The minimum atomic E-state index is 0.540. The van der Waals surface area contributed by atoms with E-state index in [0.717, 1.165) is 17.7 Å². The maximum absolute atomic E-state index is 5.52. The Morgan fingerprint density at radius 1 is 0.808 bits per heavy atom. The highest BCUT2D eigenvalue weighted by molar-refractivity contribution is 5.97. The zero-order valence-corrected chi connectivity index (χ0v) is 14.8. The van der Waals surface area contributed by atoms with Crippen LogP contribution in [0.3, 0.4) is 0 Å². The molecule has 0 amide bonds. The lowest BCUT2D eigenvalue weighted by Crippen LogP contribution is -1.97. The van der Waals surface area contributed by atoms with Crippen molar-refractivity contribution in [3.8, 4) is 22.9 Å². The highest BCUT2D eigenvalue weighted by Crippen LogP contribution is 2.36. The molecule has 130 valence electrons. The molecular formula is C22H20N2O2. The number of fused-ring (bicyclic) bond motifs is 1. The van der Waals surface area contributed by atoms with Crippen LogP contribution in [0.5, 0.6) is 11.8 Å². The Morgan fingerprint density at radius 2 is 1.58 bits per heavy atom. The third-order valence-corrected chi connectivity index (χ3v) is 4.51. The summed E-state index contributed by atoms with van der Waals surface area (Å²) >= 11 is 0. The summed E-state index contributed by atoms with van der Waals surface area (Å²) in [7, 11) is 3.24. The van der Waals surface area contributed by atoms with Gasteiger partial charge in [0.05, 0.1) is 14.2 Å². The maximum atomic E-state index is 5.52. The second-order valence-electron chi connectivity index (χ2n) is 6.08. The highest BCUT2D eigenvalue weighted by Gasteiger charge is 2.15. The summed E-state index contributed by atoms with van der Waals surface area (Å²) in [6.07, 6.45) is 2.17. The zero-order valence-electron chi connectivity index (χ0n) is 14.8. The number of aromatic nitrogens is 2. The van der Waals surface area contributed by atoms with E-state index in [9.17, 15) is 0 Å². The van der Waals surface area contributed by atoms with E-state index in [2.05, 4.69) is 64.3 Å². The fourth-order valence-electron chi connectivity index (χ4n) is 3.27. The van der Waals surface area contributed by atoms with E-state index >= 15 is 0 Å². The van der Waals surface area contributed by atoms with Gasteiger partial charge in [0.1, 0.15) is 0 Å². The fourth-order valence-corrected chi connectivity index (χ4v) is 3.27. The Labute approximate surface area is 152 Å². The van der Waals surface area contributed by atoms with Gasteiger partial charge >= 0.3 is 0 Å². The Morgan fingerprint density at radius 3 is 2.35 bits per heavy atom. The molecule has 0 spiro atoms. The average Bonchev–Trinajstić information content (AvgIpc) is 3.06. The smallest absolute Gasteiger partial charge is 0.224 e. The molecule has 0 aliphatic heterocycles. The minimum absolute atomic E-state index is 0.540. The van der Waals surface area contributed by atoms with E-state index in [1.807, 2.05) is 18.2 Å². The number of para-hydroxylation sites is 1. The summed E-state index contributed by atoms with van der Waals surface area (Å²) in [5.74, 6) is 1.10. The van der Waals surface area contributed by atoms with Gasteiger partial charge in [-0.15, -0.1) is 0 Å². The second-order valence-corrected chi connectivity index (χ2v) is 6.08. The van der Waals surface area contributed by atoms with Crippen molar-refractivity contribution in [2.75, 3.05) is 14.2 Å². The molecule has 0 fully saturated rings. The van der Waals surface area contributed by atoms with E-state index < -0.39 is 0 Å². The molecule has 4 aromatic rings. The van der Waals surface area contributed by atoms with Crippen molar-refractivity contribution in [2.24, 2.45) is 0 Å². The van der Waals surface area contributed by atoms with Crippen LogP contribution in [0.4, 0.5) is 0 Å². The molecule has 0 saturated heterocycles. The maximum Gasteiger partial charge on any atom is 0.224 e. The lowest BCUT2D eigenvalue weighted by molar-refractivity contribution is 0.366. The van der Waals surface area contributed by atoms with Gasteiger partial charge in [0.2, 0.25) is 11.8 Å². The molecule has 0 aliphatic carbocycles. The molecule has 0 N–H and O–H groups in total. The van der Waals surface area contributed by atoms with Crippen LogP contribution in [0.25, 0.3) is 22.0 Å². The molecule has 0 aliphatic rings. The number of methoxy groups -OCH3 is 2. The number of ether oxygens (including phenoxy) is 2. The molecule has 4 rings (SSSR count). The van der Waals surface area contributed by atoms with Crippen LogP contribution < -0.4 is 9.47 Å². The number of pyridine rings is 1. The van der Waals surface area contributed by atoms with Crippen LogP contribution in [-0.2, 0) is 6.54 Å². The van der Waals surface area contributed by atoms with Gasteiger partial charge in [0, 0.05) is 40.8 Å². The molecule has 26 heavy (non-hydrogen) atoms. The van der Waals surface area contributed by atoms with Crippen LogP contribution in [0.1, 0.15) is 5.56 Å². The molecule has 0 unspecified atom stereocenters. The Kier molecular flexibility index (Phi) is 4.32. The van der Waals surface area contributed by atoms with Gasteiger partial charge in [-0.3, -0.25) is 0 Å². The van der Waals surface area contributed by atoms with Gasteiger partial charge in [-0.2, -0.15) is 4.98 Å². The van der Waals surface area contributed by atoms with E-state index in [4.69, 9.17) is 9.47 Å². The molecule has 2 aromatic heterocycles. The van der Waals surface area contributed by atoms with Crippen molar-refractivity contribution >= 4 is 10.9 Å². The topological polar surface area (TPSA) is 36.3 Å². The predicted molar refractivity (Wildman–Crippen MR) is 104 cm³/mol. The first kappa shape index (κ1) is 16.2. The molecule has 4 nitrogen and oxygen atoms in total. The van der Waals surface area contributed by atoms with E-state index in [-0.39, 0.29) is 0 Å². The lowest BCUT2D eigenvalue weighted by Gasteiger charge is -2.08. The monoisotopic (exact) mass is 344 g/mol. The van der Waals surface area contributed by atoms with E-state index in [1.165, 1.54) is 16.5 Å². The number of rotatable bonds is 5. The number of benzene rings is 2. The first-order valence-corrected chi connectivity index (χ1v) is 8.51. The van der Waals surface area contributed by atoms with Crippen LogP contribution in [0.15, 0.2) is 72.9 Å². The van der Waals surface area contributed by atoms with Crippen LogP contribution >= 0.6 is 0 Å². The molecule has 0 bridgehead atoms. The summed E-state index contributed by atoms with van der Waals surface area (Å²) in [5, 5.41) is 1.17. The summed E-state index contributed by atoms with van der Waals surface area (Å²) in [6.45, 7) is 0.813. The third-order valence-electron chi connectivity index (χ3n) is 4.51. The standard InChI is InChI=1S/C22H20N2O2/c1-25-21-13-12-18(22(23-21)26-2)19-15-24(14-16-8-4-3-5-9-16)20-11-7-6-10-17(19)20/h3-13,15H,14H2,1-2H3. The molecule has 0 saturated carbocycles. The second kappa shape index (κ2) is 6.92. The van der Waals surface area contributed by atoms with Crippen molar-refractivity contribution in [1.29, 1.82) is 0 Å². The van der Waals surface area contributed by atoms with Crippen molar-refractivity contribution < 1.29 is 9.47 Å². The van der Waals surface area contributed by atoms with Gasteiger partial charge in [0.15, 0.2) is 0 Å². The van der Waals surface area contributed by atoms with Crippen LogP contribution in [-0.4, -0.2) is 23.8 Å². The molecule has 0 atom stereocenters. The number of hydrogen-bond acceptors (Lipinski definition) is 3. The quantitative estimate of drug-likeness (QED) is 0.523. The van der Waals surface area contributed by atoms with Crippen molar-refractivity contribution in [1.82, 2.24) is 9.55 Å². The number of hydrogen-bond donors (Lipinski definition) is 0. The molecular weight excluding hydrogens is 324 g/mol. The normalized spacial score (nSPS) is 10.8. The van der Waals surface area contributed by atoms with Gasteiger partial charge in [-0.1, -0.05) is 48.5 Å². The Bertz CT molecular complexity index is 1040. The van der Waals surface area contributed by atoms with Crippen molar-refractivity contribution in [2.45, 2.75) is 6.54 Å². The largest absolute Gasteiger partial charge is 0.481 e. The average molecular weight is 344 g/mol. The van der Waals surface area contributed by atoms with Crippen molar-refractivity contribution in [3.05, 3.63) is 78.5 Å². The third kappa shape index (κ3) is 2.90. The zero-order chi connectivity index (χ0) is 17.9. The van der Waals surface area contributed by atoms with Gasteiger partial charge in [0.25, 0.3) is 0 Å². The van der Waals surface area contributed by atoms with Gasteiger partial charge in [-0.25, -0.2) is 0 Å². The molecule has 2 aromatic carbocycles. The first-order valence-electron chi connectivity index (χ1n) is 8.51. The molecule has 2 heterocycles. The van der Waals surface area contributed by atoms with E-state index in [0.29, 0.717) is 11.8 Å². The lowest BCUT2D eigenvalue weighted by atomic mass is 10.1. The van der Waals surface area contributed by atoms with Gasteiger partial charge < -0.3 is 14.0 Å². The minimum Gasteiger partial charge on any atom is -0.481 e. The summed E-state index contributed by atoms with van der Waals surface area (Å²) in [4.78, 5) is 4.43.